The van der Waals surface area contributed by atoms with Crippen molar-refractivity contribution in [3.8, 4) is 0 Å². The maximum Gasteiger partial charge on any atom is 0.131 e. The van der Waals surface area contributed by atoms with Gasteiger partial charge in [0.05, 0.1) is 10.7 Å². The third kappa shape index (κ3) is 2.76. The van der Waals surface area contributed by atoms with Crippen molar-refractivity contribution in [1.82, 2.24) is 9.78 Å². The molecule has 1 aromatic heterocycles. The second kappa shape index (κ2) is 5.43. The Kier molecular flexibility index (Phi) is 4.10. The maximum absolute atomic E-state index is 6.18. The zero-order chi connectivity index (χ0) is 13.3. The van der Waals surface area contributed by atoms with E-state index < -0.39 is 0 Å². The fourth-order valence-electron chi connectivity index (χ4n) is 1.62. The molecule has 1 heterocycles. The van der Waals surface area contributed by atoms with Crippen molar-refractivity contribution in [3.05, 3.63) is 39.6 Å². The molecule has 2 aromatic rings. The first-order chi connectivity index (χ1) is 8.49. The molecular weight excluding hydrogens is 289 g/mol. The minimum absolute atomic E-state index is 0.665. The van der Waals surface area contributed by atoms with Gasteiger partial charge in [0.1, 0.15) is 5.15 Å². The van der Waals surface area contributed by atoms with E-state index in [-0.39, 0.29) is 0 Å². The van der Waals surface area contributed by atoms with Gasteiger partial charge in [-0.05, 0) is 25.1 Å². The number of aryl methyl sites for hydroxylation is 2. The van der Waals surface area contributed by atoms with Crippen LogP contribution < -0.4 is 5.73 Å². The molecule has 3 nitrogen and oxygen atoms in total. The molecule has 0 saturated carbocycles. The van der Waals surface area contributed by atoms with Gasteiger partial charge in [0.25, 0.3) is 0 Å². The molecule has 0 atom stereocenters. The third-order valence-corrected chi connectivity index (χ3v) is 4.60. The molecule has 0 amide bonds. The summed E-state index contributed by atoms with van der Waals surface area (Å²) in [6.45, 7) is 1.95. The van der Waals surface area contributed by atoms with E-state index in [1.165, 1.54) is 0 Å². The van der Waals surface area contributed by atoms with Crippen LogP contribution in [0.1, 0.15) is 11.3 Å². The van der Waals surface area contributed by atoms with Crippen LogP contribution >= 0.6 is 35.0 Å². The molecule has 0 spiro atoms. The van der Waals surface area contributed by atoms with Gasteiger partial charge in [-0.15, -0.1) is 11.8 Å². The number of thioether (sulfide) groups is 1. The van der Waals surface area contributed by atoms with E-state index in [2.05, 4.69) is 5.10 Å². The predicted molar refractivity (Wildman–Crippen MR) is 78.4 cm³/mol. The first-order valence-electron chi connectivity index (χ1n) is 5.35. The van der Waals surface area contributed by atoms with E-state index in [4.69, 9.17) is 28.9 Å². The van der Waals surface area contributed by atoms with Crippen LogP contribution in [0.3, 0.4) is 0 Å². The van der Waals surface area contributed by atoms with Gasteiger partial charge >= 0.3 is 0 Å². The molecule has 18 heavy (non-hydrogen) atoms. The van der Waals surface area contributed by atoms with Crippen molar-refractivity contribution in [2.75, 3.05) is 5.73 Å². The highest BCUT2D eigenvalue weighted by atomic mass is 35.5. The number of benzene rings is 1. The van der Waals surface area contributed by atoms with E-state index in [0.29, 0.717) is 15.9 Å². The lowest BCUT2D eigenvalue weighted by Crippen LogP contribution is -1.89. The van der Waals surface area contributed by atoms with Crippen LogP contribution in [0.2, 0.25) is 10.2 Å². The van der Waals surface area contributed by atoms with Gasteiger partial charge in [-0.25, -0.2) is 0 Å². The topological polar surface area (TPSA) is 43.8 Å². The summed E-state index contributed by atoms with van der Waals surface area (Å²) in [5, 5.41) is 5.62. The average molecular weight is 302 g/mol. The second-order valence-electron chi connectivity index (χ2n) is 3.96. The van der Waals surface area contributed by atoms with Crippen LogP contribution in [-0.2, 0) is 12.8 Å². The Labute approximate surface area is 120 Å². The summed E-state index contributed by atoms with van der Waals surface area (Å²) in [4.78, 5) is 0.991. The summed E-state index contributed by atoms with van der Waals surface area (Å²) in [5.74, 6) is 0.738. The maximum atomic E-state index is 6.18. The number of halogens is 2. The second-order valence-corrected chi connectivity index (χ2v) is 5.74. The predicted octanol–water partition coefficient (Wildman–Crippen LogP) is 3.91. The normalized spacial score (nSPS) is 10.9. The standard InChI is InChI=1S/C12H13Cl2N3S/c1-7-9(12(14)17(2)16-7)6-18-11-4-3-8(15)5-10(11)13/h3-5H,6,15H2,1-2H3. The Bertz CT molecular complexity index is 581. The Balaban J connectivity index is 2.16. The zero-order valence-electron chi connectivity index (χ0n) is 10.1. The molecule has 96 valence electrons. The van der Waals surface area contributed by atoms with E-state index in [1.807, 2.05) is 26.1 Å². The van der Waals surface area contributed by atoms with Crippen molar-refractivity contribution in [1.29, 1.82) is 0 Å². The number of rotatable bonds is 3. The fourth-order valence-corrected chi connectivity index (χ4v) is 3.30. The summed E-state index contributed by atoms with van der Waals surface area (Å²) >= 11 is 13.9. The van der Waals surface area contributed by atoms with Crippen molar-refractivity contribution >= 4 is 40.7 Å². The van der Waals surface area contributed by atoms with Crippen LogP contribution in [0.25, 0.3) is 0 Å². The SMILES string of the molecule is Cc1nn(C)c(Cl)c1CSc1ccc(N)cc1Cl. The minimum atomic E-state index is 0.665. The van der Waals surface area contributed by atoms with E-state index in [0.717, 1.165) is 21.9 Å². The number of hydrogen-bond acceptors (Lipinski definition) is 3. The van der Waals surface area contributed by atoms with Gasteiger partial charge < -0.3 is 5.73 Å². The van der Waals surface area contributed by atoms with Crippen molar-refractivity contribution in [2.45, 2.75) is 17.6 Å². The molecule has 0 radical (unpaired) electrons. The third-order valence-electron chi connectivity index (χ3n) is 2.60. The molecule has 0 fully saturated rings. The van der Waals surface area contributed by atoms with Crippen molar-refractivity contribution in [2.24, 2.45) is 7.05 Å². The van der Waals surface area contributed by atoms with Crippen LogP contribution in [0.4, 0.5) is 5.69 Å². The first-order valence-corrected chi connectivity index (χ1v) is 7.09. The van der Waals surface area contributed by atoms with Gasteiger partial charge in [0.15, 0.2) is 0 Å². The van der Waals surface area contributed by atoms with Crippen molar-refractivity contribution in [3.63, 3.8) is 0 Å². The summed E-state index contributed by atoms with van der Waals surface area (Å²) in [5.41, 5.74) is 8.31. The van der Waals surface area contributed by atoms with Crippen molar-refractivity contribution < 1.29 is 0 Å². The van der Waals surface area contributed by atoms with Gasteiger partial charge in [0.2, 0.25) is 0 Å². The van der Waals surface area contributed by atoms with Gasteiger partial charge in [0, 0.05) is 28.9 Å². The summed E-state index contributed by atoms with van der Waals surface area (Å²) < 4.78 is 1.68. The zero-order valence-corrected chi connectivity index (χ0v) is 12.4. The van der Waals surface area contributed by atoms with E-state index >= 15 is 0 Å². The lowest BCUT2D eigenvalue weighted by Gasteiger charge is -2.05. The summed E-state index contributed by atoms with van der Waals surface area (Å²) in [6, 6.07) is 5.51. The quantitative estimate of drug-likeness (QED) is 0.690. The van der Waals surface area contributed by atoms with Crippen LogP contribution in [0, 0.1) is 6.92 Å². The Morgan fingerprint density at radius 3 is 2.67 bits per heavy atom. The van der Waals surface area contributed by atoms with Gasteiger partial charge in [-0.1, -0.05) is 23.2 Å². The molecule has 0 unspecified atom stereocenters. The first kappa shape index (κ1) is 13.6. The number of aromatic nitrogens is 2. The lowest BCUT2D eigenvalue weighted by atomic mass is 10.3. The Hall–Kier alpha value is -0.840. The number of hydrogen-bond donors (Lipinski definition) is 1. The molecule has 0 aliphatic heterocycles. The van der Waals surface area contributed by atoms with E-state index in [9.17, 15) is 0 Å². The Morgan fingerprint density at radius 1 is 1.39 bits per heavy atom. The highest BCUT2D eigenvalue weighted by Gasteiger charge is 2.12. The molecule has 0 saturated heterocycles. The number of nitrogens with zero attached hydrogens (tertiary/aromatic N) is 2. The van der Waals surface area contributed by atoms with Crippen LogP contribution in [-0.4, -0.2) is 9.78 Å². The summed E-state index contributed by atoms with van der Waals surface area (Å²) in [7, 11) is 1.83. The van der Waals surface area contributed by atoms with Gasteiger partial charge in [-0.3, -0.25) is 4.68 Å². The Morgan fingerprint density at radius 2 is 2.11 bits per heavy atom. The monoisotopic (exact) mass is 301 g/mol. The summed E-state index contributed by atoms with van der Waals surface area (Å²) in [6.07, 6.45) is 0. The number of anilines is 1. The van der Waals surface area contributed by atoms with Gasteiger partial charge in [-0.2, -0.15) is 5.10 Å². The van der Waals surface area contributed by atoms with Crippen LogP contribution in [0.5, 0.6) is 0 Å². The molecule has 0 bridgehead atoms. The lowest BCUT2D eigenvalue weighted by molar-refractivity contribution is 0.757. The highest BCUT2D eigenvalue weighted by molar-refractivity contribution is 7.98. The molecule has 6 heteroatoms. The molecule has 2 N–H and O–H groups in total. The fraction of sp³-hybridized carbons (Fsp3) is 0.250. The molecular formula is C12H13Cl2N3S. The average Bonchev–Trinajstić information content (AvgIpc) is 2.53. The smallest absolute Gasteiger partial charge is 0.131 e. The molecule has 1 aromatic carbocycles. The molecule has 2 rings (SSSR count). The van der Waals surface area contributed by atoms with Crippen LogP contribution in [0.15, 0.2) is 23.1 Å². The number of nitrogens with two attached hydrogens (primary N) is 1. The minimum Gasteiger partial charge on any atom is -0.399 e. The number of nitrogen functional groups attached to an aromatic ring is 1. The molecule has 0 aliphatic rings. The highest BCUT2D eigenvalue weighted by Crippen LogP contribution is 2.33. The molecule has 0 aliphatic carbocycles. The van der Waals surface area contributed by atoms with E-state index in [1.54, 1.807) is 22.5 Å². The largest absolute Gasteiger partial charge is 0.399 e.